The Hall–Kier alpha value is -3.50. The molecular formula is C29H37N3O4. The maximum Gasteiger partial charge on any atom is 0.411 e. The Balaban J connectivity index is 1.74. The zero-order chi connectivity index (χ0) is 26.6. The molecule has 2 atom stereocenters. The maximum absolute atomic E-state index is 13.2. The predicted molar refractivity (Wildman–Crippen MR) is 140 cm³/mol. The van der Waals surface area contributed by atoms with E-state index >= 15 is 0 Å². The molecule has 2 aromatic rings. The molecule has 3 rings (SSSR count). The third-order valence-electron chi connectivity index (χ3n) is 6.32. The minimum Gasteiger partial charge on any atom is -0.438 e. The third kappa shape index (κ3) is 6.79. The number of benzene rings is 2. The molecule has 3 amide bonds. The van der Waals surface area contributed by atoms with E-state index in [1.54, 1.807) is 25.8 Å². The molecule has 0 spiro atoms. The largest absolute Gasteiger partial charge is 0.438 e. The number of cyclic esters (lactones) is 1. The van der Waals surface area contributed by atoms with Gasteiger partial charge in [0.2, 0.25) is 0 Å². The lowest BCUT2D eigenvalue weighted by Gasteiger charge is -2.45. The quantitative estimate of drug-likeness (QED) is 0.511. The molecule has 192 valence electrons. The van der Waals surface area contributed by atoms with Crippen molar-refractivity contribution in [1.29, 1.82) is 0 Å². The van der Waals surface area contributed by atoms with E-state index in [-0.39, 0.29) is 12.1 Å². The molecule has 3 N–H and O–H groups in total. The summed E-state index contributed by atoms with van der Waals surface area (Å²) in [4.78, 5) is 26.5. The molecule has 1 fully saturated rings. The van der Waals surface area contributed by atoms with Crippen molar-refractivity contribution in [2.75, 3.05) is 13.6 Å². The molecule has 1 heterocycles. The van der Waals surface area contributed by atoms with Crippen LogP contribution in [0.4, 0.5) is 9.59 Å². The fourth-order valence-corrected chi connectivity index (χ4v) is 4.52. The Morgan fingerprint density at radius 2 is 1.78 bits per heavy atom. The summed E-state index contributed by atoms with van der Waals surface area (Å²) in [6.07, 6.45) is 0.498. The van der Waals surface area contributed by atoms with Gasteiger partial charge in [-0.3, -0.25) is 0 Å². The number of rotatable bonds is 6. The van der Waals surface area contributed by atoms with E-state index in [0.717, 1.165) is 16.7 Å². The average molecular weight is 492 g/mol. The lowest BCUT2D eigenvalue weighted by Crippen LogP contribution is -2.51. The zero-order valence-electron chi connectivity index (χ0n) is 22.0. The smallest absolute Gasteiger partial charge is 0.411 e. The molecule has 1 saturated heterocycles. The van der Waals surface area contributed by atoms with Crippen LogP contribution in [0, 0.1) is 11.8 Å². The molecule has 0 radical (unpaired) electrons. The van der Waals surface area contributed by atoms with Gasteiger partial charge in [0, 0.05) is 32.0 Å². The Morgan fingerprint density at radius 3 is 2.33 bits per heavy atom. The first kappa shape index (κ1) is 27.1. The second-order valence-electron chi connectivity index (χ2n) is 10.5. The minimum atomic E-state index is -0.995. The van der Waals surface area contributed by atoms with E-state index in [0.29, 0.717) is 19.4 Å². The van der Waals surface area contributed by atoms with Gasteiger partial charge in [0.05, 0.1) is 17.2 Å². The number of carbonyl (C=O) groups excluding carboxylic acids is 2. The molecule has 1 aliphatic rings. The van der Waals surface area contributed by atoms with Crippen LogP contribution in [0.1, 0.15) is 70.2 Å². The lowest BCUT2D eigenvalue weighted by atomic mass is 9.80. The van der Waals surface area contributed by atoms with Gasteiger partial charge in [0.1, 0.15) is 5.60 Å². The van der Waals surface area contributed by atoms with Crippen molar-refractivity contribution >= 4 is 12.1 Å². The topological polar surface area (TPSA) is 90.9 Å². The molecule has 7 heteroatoms. The van der Waals surface area contributed by atoms with Crippen LogP contribution in [0.25, 0.3) is 0 Å². The first-order valence-electron chi connectivity index (χ1n) is 12.2. The second-order valence-corrected chi connectivity index (χ2v) is 10.5. The zero-order valence-corrected chi connectivity index (χ0v) is 22.0. The molecule has 0 bridgehead atoms. The van der Waals surface area contributed by atoms with Crippen LogP contribution in [-0.2, 0) is 10.3 Å². The van der Waals surface area contributed by atoms with Gasteiger partial charge in [0.25, 0.3) is 0 Å². The third-order valence-corrected chi connectivity index (χ3v) is 6.32. The van der Waals surface area contributed by atoms with Crippen LogP contribution in [0.3, 0.4) is 0 Å². The van der Waals surface area contributed by atoms with Crippen molar-refractivity contribution in [2.24, 2.45) is 0 Å². The molecule has 0 aliphatic carbocycles. The summed E-state index contributed by atoms with van der Waals surface area (Å²) in [5.74, 6) is 6.17. The van der Waals surface area contributed by atoms with Crippen molar-refractivity contribution in [3.63, 3.8) is 0 Å². The SMILES string of the molecule is CNC(=O)NC(C)(C)C#Cc1ccc([C@H](C)N2CC[C@](CC(C)(C)O)(c3ccccc3)OC2=O)cc1. The van der Waals surface area contributed by atoms with E-state index < -0.39 is 22.8 Å². The van der Waals surface area contributed by atoms with Gasteiger partial charge in [-0.1, -0.05) is 54.3 Å². The van der Waals surface area contributed by atoms with E-state index in [4.69, 9.17) is 4.74 Å². The summed E-state index contributed by atoms with van der Waals surface area (Å²) in [6, 6.07) is 16.9. The number of amides is 3. The van der Waals surface area contributed by atoms with Crippen LogP contribution >= 0.6 is 0 Å². The Morgan fingerprint density at radius 1 is 1.14 bits per heavy atom. The summed E-state index contributed by atoms with van der Waals surface area (Å²) in [5.41, 5.74) is 0.122. The standard InChI is InChI=1S/C29H37N3O4/c1-21(23-14-12-22(13-15-23)16-17-27(2,3)31-25(33)30-6)32-19-18-29(36-26(32)34,20-28(4,5)35)24-10-8-7-9-11-24/h7-15,21,35H,18-20H2,1-6H3,(H2,30,31,33)/t21-,29-/m0/s1. The van der Waals surface area contributed by atoms with E-state index in [1.807, 2.05) is 75.4 Å². The molecule has 0 aromatic heterocycles. The fraction of sp³-hybridized carbons (Fsp3) is 0.448. The molecular weight excluding hydrogens is 454 g/mol. The summed E-state index contributed by atoms with van der Waals surface area (Å²) < 4.78 is 6.10. The molecule has 7 nitrogen and oxygen atoms in total. The number of urea groups is 1. The van der Waals surface area contributed by atoms with Crippen LogP contribution in [0.5, 0.6) is 0 Å². The van der Waals surface area contributed by atoms with Crippen molar-refractivity contribution in [2.45, 2.75) is 70.2 Å². The number of hydrogen-bond donors (Lipinski definition) is 3. The summed E-state index contributed by atoms with van der Waals surface area (Å²) >= 11 is 0. The van der Waals surface area contributed by atoms with Gasteiger partial charge in [0.15, 0.2) is 0 Å². The normalized spacial score (nSPS) is 19.0. The van der Waals surface area contributed by atoms with Gasteiger partial charge in [-0.2, -0.15) is 0 Å². The Labute approximate surface area is 214 Å². The number of ether oxygens (including phenoxy) is 1. The van der Waals surface area contributed by atoms with Crippen LogP contribution < -0.4 is 10.6 Å². The highest BCUT2D eigenvalue weighted by molar-refractivity contribution is 5.75. The number of carbonyl (C=O) groups is 2. The highest BCUT2D eigenvalue weighted by atomic mass is 16.6. The second kappa shape index (κ2) is 10.6. The van der Waals surface area contributed by atoms with Crippen LogP contribution in [-0.4, -0.2) is 46.9 Å². The number of aliphatic hydroxyl groups is 1. The van der Waals surface area contributed by atoms with Crippen LogP contribution in [0.15, 0.2) is 54.6 Å². The highest BCUT2D eigenvalue weighted by Gasteiger charge is 2.46. The number of hydrogen-bond acceptors (Lipinski definition) is 4. The summed E-state index contributed by atoms with van der Waals surface area (Å²) in [5, 5.41) is 15.9. The van der Waals surface area contributed by atoms with E-state index in [2.05, 4.69) is 22.5 Å². The summed E-state index contributed by atoms with van der Waals surface area (Å²) in [6.45, 7) is 9.62. The molecule has 0 unspecified atom stereocenters. The van der Waals surface area contributed by atoms with Crippen molar-refractivity contribution in [3.8, 4) is 11.8 Å². The van der Waals surface area contributed by atoms with Gasteiger partial charge in [-0.25, -0.2) is 9.59 Å². The van der Waals surface area contributed by atoms with Gasteiger partial charge in [-0.15, -0.1) is 0 Å². The maximum atomic E-state index is 13.2. The average Bonchev–Trinajstić information content (AvgIpc) is 2.82. The van der Waals surface area contributed by atoms with Crippen molar-refractivity contribution in [1.82, 2.24) is 15.5 Å². The van der Waals surface area contributed by atoms with Crippen molar-refractivity contribution in [3.05, 3.63) is 71.3 Å². The number of nitrogens with one attached hydrogen (secondary N) is 2. The van der Waals surface area contributed by atoms with Crippen LogP contribution in [0.2, 0.25) is 0 Å². The van der Waals surface area contributed by atoms with E-state index in [9.17, 15) is 14.7 Å². The predicted octanol–water partition coefficient (Wildman–Crippen LogP) is 4.71. The van der Waals surface area contributed by atoms with Gasteiger partial charge < -0.3 is 25.4 Å². The molecule has 0 saturated carbocycles. The Bertz CT molecular complexity index is 1130. The number of nitrogens with zero attached hydrogens (tertiary/aromatic N) is 1. The summed E-state index contributed by atoms with van der Waals surface area (Å²) in [7, 11) is 1.56. The van der Waals surface area contributed by atoms with Gasteiger partial charge in [-0.05, 0) is 57.9 Å². The van der Waals surface area contributed by atoms with E-state index in [1.165, 1.54) is 0 Å². The highest BCUT2D eigenvalue weighted by Crippen LogP contribution is 2.42. The Kier molecular flexibility index (Phi) is 8.00. The monoisotopic (exact) mass is 491 g/mol. The fourth-order valence-electron chi connectivity index (χ4n) is 4.52. The molecule has 36 heavy (non-hydrogen) atoms. The molecule has 1 aliphatic heterocycles. The lowest BCUT2D eigenvalue weighted by molar-refractivity contribution is -0.101. The van der Waals surface area contributed by atoms with Gasteiger partial charge >= 0.3 is 12.1 Å². The first-order chi connectivity index (χ1) is 16.8. The first-order valence-corrected chi connectivity index (χ1v) is 12.2. The minimum absolute atomic E-state index is 0.193. The van der Waals surface area contributed by atoms with Crippen molar-refractivity contribution < 1.29 is 19.4 Å². The molecule has 2 aromatic carbocycles.